The lowest BCUT2D eigenvalue weighted by molar-refractivity contribution is -0.122. The monoisotopic (exact) mass is 316 g/mol. The SMILES string of the molecule is Cc1ccc2c(c1)OC[C@@H](CC(=O)NC1CCCCCC1)N2C. The number of nitrogens with zero attached hydrogens (tertiary/aromatic N) is 1. The van der Waals surface area contributed by atoms with E-state index in [1.807, 2.05) is 0 Å². The molecular weight excluding hydrogens is 288 g/mol. The Labute approximate surface area is 139 Å². The van der Waals surface area contributed by atoms with Crippen LogP contribution in [0.5, 0.6) is 5.75 Å². The predicted molar refractivity (Wildman–Crippen MR) is 93.1 cm³/mol. The average molecular weight is 316 g/mol. The fourth-order valence-electron chi connectivity index (χ4n) is 3.64. The fourth-order valence-corrected chi connectivity index (χ4v) is 3.64. The smallest absolute Gasteiger partial charge is 0.222 e. The molecule has 1 heterocycles. The van der Waals surface area contributed by atoms with E-state index >= 15 is 0 Å². The second kappa shape index (κ2) is 7.24. The molecule has 1 aromatic rings. The van der Waals surface area contributed by atoms with Gasteiger partial charge in [0.1, 0.15) is 12.4 Å². The van der Waals surface area contributed by atoms with Gasteiger partial charge in [0, 0.05) is 13.1 Å². The minimum Gasteiger partial charge on any atom is -0.489 e. The van der Waals surface area contributed by atoms with Crippen LogP contribution in [-0.4, -0.2) is 31.6 Å². The second-order valence-electron chi connectivity index (χ2n) is 7.01. The molecule has 1 amide bonds. The number of ether oxygens (including phenoxy) is 1. The molecule has 3 rings (SSSR count). The van der Waals surface area contributed by atoms with E-state index in [4.69, 9.17) is 4.74 Å². The minimum atomic E-state index is 0.107. The Kier molecular flexibility index (Phi) is 5.09. The highest BCUT2D eigenvalue weighted by Gasteiger charge is 2.27. The molecular formula is C19H28N2O2. The molecule has 1 aromatic carbocycles. The van der Waals surface area contributed by atoms with E-state index in [-0.39, 0.29) is 11.9 Å². The number of likely N-dealkylation sites (N-methyl/N-ethyl adjacent to an activating group) is 1. The number of fused-ring (bicyclic) bond motifs is 1. The lowest BCUT2D eigenvalue weighted by Crippen LogP contribution is -2.45. The van der Waals surface area contributed by atoms with Crippen LogP contribution < -0.4 is 15.0 Å². The quantitative estimate of drug-likeness (QED) is 0.869. The van der Waals surface area contributed by atoms with E-state index in [1.54, 1.807) is 0 Å². The van der Waals surface area contributed by atoms with Gasteiger partial charge < -0.3 is 15.0 Å². The van der Waals surface area contributed by atoms with Gasteiger partial charge in [-0.15, -0.1) is 0 Å². The summed E-state index contributed by atoms with van der Waals surface area (Å²) in [6.45, 7) is 2.64. The third-order valence-corrected chi connectivity index (χ3v) is 5.12. The summed E-state index contributed by atoms with van der Waals surface area (Å²) < 4.78 is 5.88. The first-order valence-corrected chi connectivity index (χ1v) is 8.89. The van der Waals surface area contributed by atoms with Gasteiger partial charge in [-0.05, 0) is 37.5 Å². The molecule has 0 spiro atoms. The first-order valence-electron chi connectivity index (χ1n) is 8.89. The summed E-state index contributed by atoms with van der Waals surface area (Å²) in [4.78, 5) is 14.6. The molecule has 1 aliphatic heterocycles. The molecule has 1 saturated carbocycles. The average Bonchev–Trinajstić information content (AvgIpc) is 2.78. The molecule has 0 aromatic heterocycles. The van der Waals surface area contributed by atoms with Crippen molar-refractivity contribution in [2.24, 2.45) is 0 Å². The van der Waals surface area contributed by atoms with Crippen molar-refractivity contribution in [1.82, 2.24) is 5.32 Å². The molecule has 1 aliphatic carbocycles. The largest absolute Gasteiger partial charge is 0.489 e. The normalized spacial score (nSPS) is 22.0. The number of carbonyl (C=O) groups is 1. The Morgan fingerprint density at radius 1 is 1.26 bits per heavy atom. The second-order valence-corrected chi connectivity index (χ2v) is 7.01. The van der Waals surface area contributed by atoms with Crippen LogP contribution in [0, 0.1) is 6.92 Å². The standard InChI is InChI=1S/C19H28N2O2/c1-14-9-10-17-18(11-14)23-13-16(21(17)2)12-19(22)20-15-7-5-3-4-6-8-15/h9-11,15-16H,3-8,12-13H2,1-2H3,(H,20,22)/t16-/m1/s1. The molecule has 23 heavy (non-hydrogen) atoms. The van der Waals surface area contributed by atoms with Crippen LogP contribution >= 0.6 is 0 Å². The number of carbonyl (C=O) groups excluding carboxylic acids is 1. The van der Waals surface area contributed by atoms with Crippen LogP contribution in [0.15, 0.2) is 18.2 Å². The molecule has 2 aliphatic rings. The first-order chi connectivity index (χ1) is 11.1. The Bertz CT molecular complexity index is 550. The first kappa shape index (κ1) is 16.2. The number of rotatable bonds is 3. The lowest BCUT2D eigenvalue weighted by atomic mass is 10.1. The Morgan fingerprint density at radius 3 is 2.74 bits per heavy atom. The third kappa shape index (κ3) is 3.98. The van der Waals surface area contributed by atoms with Crippen molar-refractivity contribution >= 4 is 11.6 Å². The molecule has 1 N–H and O–H groups in total. The van der Waals surface area contributed by atoms with Gasteiger partial charge in [0.15, 0.2) is 0 Å². The highest BCUT2D eigenvalue weighted by molar-refractivity contribution is 5.78. The van der Waals surface area contributed by atoms with Crippen LogP contribution in [0.3, 0.4) is 0 Å². The van der Waals surface area contributed by atoms with Gasteiger partial charge in [0.25, 0.3) is 0 Å². The summed E-state index contributed by atoms with van der Waals surface area (Å²) in [5.74, 6) is 1.08. The highest BCUT2D eigenvalue weighted by Crippen LogP contribution is 2.34. The molecule has 0 unspecified atom stereocenters. The van der Waals surface area contributed by atoms with Gasteiger partial charge in [-0.25, -0.2) is 0 Å². The van der Waals surface area contributed by atoms with E-state index in [1.165, 1.54) is 31.2 Å². The van der Waals surface area contributed by atoms with E-state index in [0.717, 1.165) is 24.3 Å². The number of anilines is 1. The fraction of sp³-hybridized carbons (Fsp3) is 0.632. The molecule has 0 saturated heterocycles. The summed E-state index contributed by atoms with van der Waals surface area (Å²) in [5, 5.41) is 3.24. The van der Waals surface area contributed by atoms with E-state index < -0.39 is 0 Å². The zero-order chi connectivity index (χ0) is 16.2. The van der Waals surface area contributed by atoms with Gasteiger partial charge in [-0.3, -0.25) is 4.79 Å². The van der Waals surface area contributed by atoms with Gasteiger partial charge in [-0.2, -0.15) is 0 Å². The summed E-state index contributed by atoms with van der Waals surface area (Å²) in [6, 6.07) is 6.71. The molecule has 1 atom stereocenters. The third-order valence-electron chi connectivity index (χ3n) is 5.12. The number of aryl methyl sites for hydroxylation is 1. The predicted octanol–water partition coefficient (Wildman–Crippen LogP) is 3.42. The van der Waals surface area contributed by atoms with Crippen LogP contribution in [0.2, 0.25) is 0 Å². The van der Waals surface area contributed by atoms with E-state index in [9.17, 15) is 4.79 Å². The number of hydrogen-bond donors (Lipinski definition) is 1. The van der Waals surface area contributed by atoms with Crippen molar-refractivity contribution in [2.75, 3.05) is 18.6 Å². The van der Waals surface area contributed by atoms with Gasteiger partial charge in [0.2, 0.25) is 5.91 Å². The summed E-state index contributed by atoms with van der Waals surface area (Å²) in [7, 11) is 2.06. The maximum atomic E-state index is 12.4. The molecule has 126 valence electrons. The van der Waals surface area contributed by atoms with Gasteiger partial charge >= 0.3 is 0 Å². The number of amides is 1. The van der Waals surface area contributed by atoms with Gasteiger partial charge in [-0.1, -0.05) is 31.7 Å². The van der Waals surface area contributed by atoms with Crippen molar-refractivity contribution < 1.29 is 9.53 Å². The zero-order valence-corrected chi connectivity index (χ0v) is 14.3. The maximum Gasteiger partial charge on any atom is 0.222 e. The molecule has 0 radical (unpaired) electrons. The van der Waals surface area contributed by atoms with E-state index in [0.29, 0.717) is 19.1 Å². The van der Waals surface area contributed by atoms with Crippen LogP contribution in [0.1, 0.15) is 50.5 Å². The molecule has 4 nitrogen and oxygen atoms in total. The Balaban J connectivity index is 1.57. The topological polar surface area (TPSA) is 41.6 Å². The number of hydrogen-bond acceptors (Lipinski definition) is 3. The summed E-state index contributed by atoms with van der Waals surface area (Å²) in [5.41, 5.74) is 2.27. The van der Waals surface area contributed by atoms with Crippen LogP contribution in [-0.2, 0) is 4.79 Å². The van der Waals surface area contributed by atoms with Crippen molar-refractivity contribution in [3.05, 3.63) is 23.8 Å². The summed E-state index contributed by atoms with van der Waals surface area (Å²) >= 11 is 0. The van der Waals surface area contributed by atoms with Crippen molar-refractivity contribution in [2.45, 2.75) is 64.0 Å². The van der Waals surface area contributed by atoms with Crippen LogP contribution in [0.4, 0.5) is 5.69 Å². The molecule has 0 bridgehead atoms. The zero-order valence-electron chi connectivity index (χ0n) is 14.3. The number of benzene rings is 1. The van der Waals surface area contributed by atoms with Gasteiger partial charge in [0.05, 0.1) is 18.2 Å². The van der Waals surface area contributed by atoms with Crippen molar-refractivity contribution in [3.8, 4) is 5.75 Å². The highest BCUT2D eigenvalue weighted by atomic mass is 16.5. The molecule has 4 heteroatoms. The van der Waals surface area contributed by atoms with Crippen molar-refractivity contribution in [1.29, 1.82) is 0 Å². The summed E-state index contributed by atoms with van der Waals surface area (Å²) in [6.07, 6.45) is 7.85. The Hall–Kier alpha value is -1.71. The molecule has 1 fully saturated rings. The lowest BCUT2D eigenvalue weighted by Gasteiger charge is -2.36. The maximum absolute atomic E-state index is 12.4. The Morgan fingerprint density at radius 2 is 2.00 bits per heavy atom. The minimum absolute atomic E-state index is 0.107. The van der Waals surface area contributed by atoms with E-state index in [2.05, 4.69) is 42.4 Å². The van der Waals surface area contributed by atoms with Crippen LogP contribution in [0.25, 0.3) is 0 Å². The number of nitrogens with one attached hydrogen (secondary N) is 1. The van der Waals surface area contributed by atoms with Crippen molar-refractivity contribution in [3.63, 3.8) is 0 Å².